The molecule has 11 nitrogen and oxygen atoms in total. The van der Waals surface area contributed by atoms with E-state index in [0.717, 1.165) is 11.1 Å². The summed E-state index contributed by atoms with van der Waals surface area (Å²) in [6, 6.07) is 12.8. The predicted molar refractivity (Wildman–Crippen MR) is 148 cm³/mol. The Labute approximate surface area is 230 Å². The minimum atomic E-state index is -0.625. The van der Waals surface area contributed by atoms with E-state index in [2.05, 4.69) is 29.6 Å². The third kappa shape index (κ3) is 5.58. The quantitative estimate of drug-likeness (QED) is 0.292. The van der Waals surface area contributed by atoms with Crippen molar-refractivity contribution in [3.05, 3.63) is 105 Å². The largest absolute Gasteiger partial charge is 0.491 e. The first-order chi connectivity index (χ1) is 19.3. The Morgan fingerprint density at radius 2 is 1.73 bits per heavy atom. The van der Waals surface area contributed by atoms with Crippen LogP contribution in [0.4, 0.5) is 0 Å². The second-order valence-corrected chi connectivity index (χ2v) is 9.59. The summed E-state index contributed by atoms with van der Waals surface area (Å²) in [5.41, 5.74) is 3.48. The molecule has 0 aliphatic heterocycles. The monoisotopic (exact) mass is 539 g/mol. The van der Waals surface area contributed by atoms with Crippen molar-refractivity contribution in [1.82, 2.24) is 34.6 Å². The molecule has 4 heterocycles. The maximum absolute atomic E-state index is 13.3. The molecule has 1 N–H and O–H groups in total. The van der Waals surface area contributed by atoms with Crippen LogP contribution in [0.2, 0.25) is 0 Å². The molecule has 0 bridgehead atoms. The summed E-state index contributed by atoms with van der Waals surface area (Å²) in [5, 5.41) is 3.80. The molecule has 4 aromatic heterocycles. The predicted octanol–water partition coefficient (Wildman–Crippen LogP) is 4.16. The van der Waals surface area contributed by atoms with E-state index in [1.807, 2.05) is 64.1 Å². The molecule has 5 aromatic rings. The molecule has 1 atom stereocenters. The van der Waals surface area contributed by atoms with Crippen LogP contribution >= 0.6 is 0 Å². The molecule has 1 unspecified atom stereocenters. The summed E-state index contributed by atoms with van der Waals surface area (Å²) < 4.78 is 11.8. The van der Waals surface area contributed by atoms with Crippen LogP contribution < -0.4 is 16.1 Å². The van der Waals surface area contributed by atoms with Gasteiger partial charge in [0.2, 0.25) is 0 Å². The lowest BCUT2D eigenvalue weighted by molar-refractivity contribution is 0.336. The second kappa shape index (κ2) is 11.4. The minimum absolute atomic E-state index is 0.00447. The molecule has 0 fully saturated rings. The van der Waals surface area contributed by atoms with Gasteiger partial charge in [-0.15, -0.1) is 0 Å². The van der Waals surface area contributed by atoms with Crippen LogP contribution in [0.5, 0.6) is 5.75 Å². The van der Waals surface area contributed by atoms with Crippen molar-refractivity contribution in [2.75, 3.05) is 6.61 Å². The van der Waals surface area contributed by atoms with Crippen molar-refractivity contribution >= 4 is 0 Å². The third-order valence-corrected chi connectivity index (χ3v) is 6.43. The van der Waals surface area contributed by atoms with Crippen LogP contribution in [-0.2, 0) is 6.54 Å². The first-order valence-corrected chi connectivity index (χ1v) is 13.0. The Morgan fingerprint density at radius 1 is 0.975 bits per heavy atom. The van der Waals surface area contributed by atoms with Gasteiger partial charge in [0, 0.05) is 29.3 Å². The molecule has 40 heavy (non-hydrogen) atoms. The normalized spacial score (nSPS) is 12.0. The van der Waals surface area contributed by atoms with Gasteiger partial charge in [-0.3, -0.25) is 23.9 Å². The number of aromatic nitrogens is 7. The molecule has 0 spiro atoms. The molecule has 0 saturated carbocycles. The number of hydrogen-bond acceptors (Lipinski definition) is 9. The maximum atomic E-state index is 13.3. The van der Waals surface area contributed by atoms with Crippen LogP contribution in [0, 0.1) is 0 Å². The van der Waals surface area contributed by atoms with E-state index in [1.165, 1.54) is 0 Å². The van der Waals surface area contributed by atoms with Crippen molar-refractivity contribution in [1.29, 1.82) is 0 Å². The zero-order valence-electron chi connectivity index (χ0n) is 22.7. The zero-order valence-corrected chi connectivity index (χ0v) is 22.7. The fourth-order valence-corrected chi connectivity index (χ4v) is 4.41. The number of pyridine rings is 1. The molecule has 11 heteroatoms. The molecule has 5 rings (SSSR count). The Hall–Kier alpha value is -4.93. The van der Waals surface area contributed by atoms with E-state index in [1.54, 1.807) is 29.2 Å². The van der Waals surface area contributed by atoms with Crippen molar-refractivity contribution < 1.29 is 9.26 Å². The van der Waals surface area contributed by atoms with Gasteiger partial charge in [0.1, 0.15) is 11.6 Å². The molecule has 0 aliphatic rings. The summed E-state index contributed by atoms with van der Waals surface area (Å²) in [7, 11) is 0. The Kier molecular flexibility index (Phi) is 7.63. The molecule has 0 radical (unpaired) electrons. The van der Waals surface area contributed by atoms with E-state index >= 15 is 0 Å². The van der Waals surface area contributed by atoms with Crippen LogP contribution in [0.25, 0.3) is 22.6 Å². The molecule has 0 saturated heterocycles. The number of benzene rings is 1. The van der Waals surface area contributed by atoms with E-state index < -0.39 is 5.76 Å². The first-order valence-electron chi connectivity index (χ1n) is 13.0. The number of nitrogens with zero attached hydrogens (tertiary/aromatic N) is 6. The smallest absolute Gasteiger partial charge is 0.439 e. The van der Waals surface area contributed by atoms with E-state index in [-0.39, 0.29) is 17.4 Å². The van der Waals surface area contributed by atoms with Crippen LogP contribution in [0.1, 0.15) is 62.4 Å². The van der Waals surface area contributed by atoms with Crippen molar-refractivity contribution in [3.63, 3.8) is 0 Å². The summed E-state index contributed by atoms with van der Waals surface area (Å²) >= 11 is 0. The van der Waals surface area contributed by atoms with Gasteiger partial charge in [0.15, 0.2) is 11.6 Å². The van der Waals surface area contributed by atoms with Crippen LogP contribution in [0.15, 0.2) is 75.2 Å². The Bertz CT molecular complexity index is 1720. The van der Waals surface area contributed by atoms with Gasteiger partial charge in [0.05, 0.1) is 42.9 Å². The highest BCUT2D eigenvalue weighted by Gasteiger charge is 2.19. The number of H-pyrrole nitrogens is 1. The van der Waals surface area contributed by atoms with Crippen molar-refractivity contribution in [2.24, 2.45) is 0 Å². The van der Waals surface area contributed by atoms with E-state index in [9.17, 15) is 9.59 Å². The Morgan fingerprint density at radius 3 is 2.35 bits per heavy atom. The van der Waals surface area contributed by atoms with E-state index in [4.69, 9.17) is 9.72 Å². The average molecular weight is 540 g/mol. The lowest BCUT2D eigenvalue weighted by Gasteiger charge is -2.18. The number of hydrogen-bond donors (Lipinski definition) is 1. The van der Waals surface area contributed by atoms with Gasteiger partial charge in [-0.05, 0) is 25.5 Å². The summed E-state index contributed by atoms with van der Waals surface area (Å²) in [6.07, 6.45) is 5.00. The topological polar surface area (TPSA) is 142 Å². The zero-order chi connectivity index (χ0) is 28.2. The average Bonchev–Trinajstić information content (AvgIpc) is 3.40. The van der Waals surface area contributed by atoms with E-state index in [0.29, 0.717) is 53.3 Å². The third-order valence-electron chi connectivity index (χ3n) is 6.43. The fourth-order valence-electron chi connectivity index (χ4n) is 4.41. The standard InChI is InChI=1S/C29H29N7O4/c1-5-39-20-14-31-26(32-15-20)18(4)24-12-25(37)36(28(33-24)17(2)3)16-19-10-11-23(30-13-19)21-8-6-7-9-22(21)27-34-29(38)40-35-27/h6-15,17-18H,5,16H2,1-4H3,(H,34,35,38). The van der Waals surface area contributed by atoms with Crippen molar-refractivity contribution in [2.45, 2.75) is 46.1 Å². The minimum Gasteiger partial charge on any atom is -0.491 e. The molecular weight excluding hydrogens is 510 g/mol. The molecule has 0 aliphatic carbocycles. The van der Waals surface area contributed by atoms with Crippen molar-refractivity contribution in [3.8, 4) is 28.4 Å². The maximum Gasteiger partial charge on any atom is 0.439 e. The number of aromatic amines is 1. The molecular formula is C29H29N7O4. The molecule has 204 valence electrons. The number of ether oxygens (including phenoxy) is 1. The van der Waals surface area contributed by atoms with Crippen LogP contribution in [0.3, 0.4) is 0 Å². The molecule has 1 aromatic carbocycles. The summed E-state index contributed by atoms with van der Waals surface area (Å²) in [6.45, 7) is 8.70. The second-order valence-electron chi connectivity index (χ2n) is 9.59. The van der Waals surface area contributed by atoms with Gasteiger partial charge in [-0.25, -0.2) is 19.7 Å². The molecule has 0 amide bonds. The van der Waals surface area contributed by atoms with Gasteiger partial charge in [-0.1, -0.05) is 49.3 Å². The van der Waals surface area contributed by atoms with Gasteiger partial charge < -0.3 is 4.74 Å². The fraction of sp³-hybridized carbons (Fsp3) is 0.276. The summed E-state index contributed by atoms with van der Waals surface area (Å²) in [5.74, 6) is 1.28. The highest BCUT2D eigenvalue weighted by molar-refractivity contribution is 5.78. The van der Waals surface area contributed by atoms with Gasteiger partial charge in [-0.2, -0.15) is 0 Å². The van der Waals surface area contributed by atoms with Crippen LogP contribution in [-0.4, -0.2) is 41.3 Å². The summed E-state index contributed by atoms with van der Waals surface area (Å²) in [4.78, 5) is 45.7. The Balaban J connectivity index is 1.42. The highest BCUT2D eigenvalue weighted by atomic mass is 16.5. The highest BCUT2D eigenvalue weighted by Crippen LogP contribution is 2.28. The first kappa shape index (κ1) is 26.7. The SMILES string of the molecule is CCOc1cnc(C(C)c2cc(=O)n(Cc3ccc(-c4ccccc4-c4noc(=O)[nH]4)nc3)c(C(C)C)n2)nc1. The van der Waals surface area contributed by atoms with Gasteiger partial charge >= 0.3 is 5.76 Å². The number of nitrogens with one attached hydrogen (secondary N) is 1. The number of rotatable bonds is 9. The lowest BCUT2D eigenvalue weighted by Crippen LogP contribution is -2.27. The lowest BCUT2D eigenvalue weighted by atomic mass is 10.0. The van der Waals surface area contributed by atoms with Gasteiger partial charge in [0.25, 0.3) is 5.56 Å².